The lowest BCUT2D eigenvalue weighted by molar-refractivity contribution is 0.0574. The van der Waals surface area contributed by atoms with E-state index in [0.717, 1.165) is 12.8 Å². The zero-order valence-corrected chi connectivity index (χ0v) is 18.7. The summed E-state index contributed by atoms with van der Waals surface area (Å²) >= 11 is 6.03. The Labute approximate surface area is 177 Å². The van der Waals surface area contributed by atoms with E-state index in [-0.39, 0.29) is 16.5 Å². The quantitative estimate of drug-likeness (QED) is 0.749. The molecule has 2 saturated heterocycles. The minimum atomic E-state index is -3.71. The highest BCUT2D eigenvalue weighted by atomic mass is 35.5. The lowest BCUT2D eigenvalue weighted by Crippen LogP contribution is -2.59. The van der Waals surface area contributed by atoms with Crippen LogP contribution in [0.2, 0.25) is 5.02 Å². The van der Waals surface area contributed by atoms with Gasteiger partial charge in [0, 0.05) is 56.9 Å². The molecule has 10 heteroatoms. The molecule has 0 saturated carbocycles. The van der Waals surface area contributed by atoms with Crippen LogP contribution in [0.5, 0.6) is 5.75 Å². The summed E-state index contributed by atoms with van der Waals surface area (Å²) in [5.41, 5.74) is -0.101. The Balaban J connectivity index is 1.73. The van der Waals surface area contributed by atoms with Gasteiger partial charge in [-0.05, 0) is 31.0 Å². The van der Waals surface area contributed by atoms with Crippen LogP contribution in [-0.2, 0) is 10.0 Å². The van der Waals surface area contributed by atoms with E-state index in [0.29, 0.717) is 50.0 Å². The van der Waals surface area contributed by atoms with E-state index in [1.54, 1.807) is 19.2 Å². The van der Waals surface area contributed by atoms with Crippen molar-refractivity contribution in [1.29, 1.82) is 0 Å². The van der Waals surface area contributed by atoms with E-state index in [9.17, 15) is 13.2 Å². The minimum Gasteiger partial charge on any atom is -0.495 e. The number of amides is 2. The number of carbonyl (C=O) groups excluding carboxylic acids is 1. The second-order valence-corrected chi connectivity index (χ2v) is 9.83. The Morgan fingerprint density at radius 1 is 1.24 bits per heavy atom. The number of nitrogens with one attached hydrogen (secondary N) is 1. The highest BCUT2D eigenvalue weighted by Gasteiger charge is 2.45. The van der Waals surface area contributed by atoms with Gasteiger partial charge in [0.25, 0.3) is 0 Å². The second-order valence-electron chi connectivity index (χ2n) is 7.49. The molecule has 1 atom stereocenters. The Kier molecular flexibility index (Phi) is 6.62. The summed E-state index contributed by atoms with van der Waals surface area (Å²) in [5, 5.41) is 3.05. The van der Waals surface area contributed by atoms with Crippen LogP contribution in [0.4, 0.5) is 4.79 Å². The van der Waals surface area contributed by atoms with E-state index in [1.807, 2.05) is 4.90 Å². The molecule has 1 aromatic carbocycles. The van der Waals surface area contributed by atoms with E-state index in [4.69, 9.17) is 16.3 Å². The molecule has 2 amide bonds. The summed E-state index contributed by atoms with van der Waals surface area (Å²) in [6.07, 6.45) is 1.81. The maximum Gasteiger partial charge on any atom is 0.317 e. The lowest BCUT2D eigenvalue weighted by Gasteiger charge is -2.45. The normalized spacial score (nSPS) is 23.9. The van der Waals surface area contributed by atoms with Crippen LogP contribution >= 0.6 is 11.6 Å². The minimum absolute atomic E-state index is 0.0606. The molecule has 2 aliphatic rings. The van der Waals surface area contributed by atoms with Gasteiger partial charge in [-0.15, -0.1) is 0 Å². The summed E-state index contributed by atoms with van der Waals surface area (Å²) in [5.74, 6) is 0.291. The maximum atomic E-state index is 13.2. The molecule has 2 heterocycles. The van der Waals surface area contributed by atoms with Crippen LogP contribution in [0.1, 0.15) is 19.8 Å². The molecule has 2 fully saturated rings. The van der Waals surface area contributed by atoms with E-state index in [2.05, 4.69) is 17.1 Å². The van der Waals surface area contributed by atoms with Crippen molar-refractivity contribution in [2.45, 2.75) is 30.2 Å². The molecule has 0 spiro atoms. The van der Waals surface area contributed by atoms with Gasteiger partial charge in [0.15, 0.2) is 0 Å². The highest BCUT2D eigenvalue weighted by molar-refractivity contribution is 7.89. The van der Waals surface area contributed by atoms with Crippen molar-refractivity contribution in [3.63, 3.8) is 0 Å². The summed E-state index contributed by atoms with van der Waals surface area (Å²) in [7, 11) is -0.617. The molecular weight excluding hydrogens is 416 g/mol. The first kappa shape index (κ1) is 22.1. The van der Waals surface area contributed by atoms with Crippen LogP contribution in [0, 0.1) is 0 Å². The van der Waals surface area contributed by atoms with Gasteiger partial charge in [0.2, 0.25) is 10.0 Å². The van der Waals surface area contributed by atoms with Crippen molar-refractivity contribution in [3.8, 4) is 5.75 Å². The van der Waals surface area contributed by atoms with Gasteiger partial charge < -0.3 is 15.0 Å². The van der Waals surface area contributed by atoms with Gasteiger partial charge in [0.05, 0.1) is 7.11 Å². The average molecular weight is 445 g/mol. The molecule has 0 aromatic heterocycles. The zero-order chi connectivity index (χ0) is 21.2. The number of halogens is 1. The molecule has 0 bridgehead atoms. The van der Waals surface area contributed by atoms with Crippen LogP contribution < -0.4 is 10.1 Å². The molecular formula is C19H29ClN4O4S. The SMILES string of the molecule is CCC1(N2CCN(S(=O)(=O)c3cc(Cl)ccc3OC)CC2)CCN(C(=O)NC)C1. The number of urea groups is 1. The Morgan fingerprint density at radius 3 is 2.52 bits per heavy atom. The van der Waals surface area contributed by atoms with Crippen LogP contribution in [0.25, 0.3) is 0 Å². The number of rotatable bonds is 5. The van der Waals surface area contributed by atoms with Crippen LogP contribution in [0.15, 0.2) is 23.1 Å². The Morgan fingerprint density at radius 2 is 1.93 bits per heavy atom. The fraction of sp³-hybridized carbons (Fsp3) is 0.632. The number of sulfonamides is 1. The molecule has 29 heavy (non-hydrogen) atoms. The third-order valence-corrected chi connectivity index (χ3v) is 8.30. The van der Waals surface area contributed by atoms with Gasteiger partial charge in [0.1, 0.15) is 10.6 Å². The number of likely N-dealkylation sites (tertiary alicyclic amines) is 1. The first-order valence-corrected chi connectivity index (χ1v) is 11.6. The summed E-state index contributed by atoms with van der Waals surface area (Å²) < 4.78 is 33.1. The maximum absolute atomic E-state index is 13.2. The van der Waals surface area contributed by atoms with Crippen molar-refractivity contribution in [2.24, 2.45) is 0 Å². The van der Waals surface area contributed by atoms with Crippen molar-refractivity contribution >= 4 is 27.7 Å². The molecule has 8 nitrogen and oxygen atoms in total. The number of ether oxygens (including phenoxy) is 1. The highest BCUT2D eigenvalue weighted by Crippen LogP contribution is 2.34. The fourth-order valence-corrected chi connectivity index (χ4v) is 6.19. The summed E-state index contributed by atoms with van der Waals surface area (Å²) in [4.78, 5) is 16.3. The second kappa shape index (κ2) is 8.67. The number of benzene rings is 1. The summed E-state index contributed by atoms with van der Waals surface area (Å²) in [6.45, 7) is 5.53. The number of hydrogen-bond acceptors (Lipinski definition) is 5. The molecule has 2 aliphatic heterocycles. The smallest absolute Gasteiger partial charge is 0.317 e. The molecule has 1 unspecified atom stereocenters. The predicted octanol–water partition coefficient (Wildman–Crippen LogP) is 1.85. The van der Waals surface area contributed by atoms with Crippen LogP contribution in [0.3, 0.4) is 0 Å². The van der Waals surface area contributed by atoms with Crippen molar-refractivity contribution < 1.29 is 17.9 Å². The van der Waals surface area contributed by atoms with Crippen LogP contribution in [-0.4, -0.2) is 87.5 Å². The fourth-order valence-electron chi connectivity index (χ4n) is 4.35. The molecule has 1 N–H and O–H groups in total. The molecule has 0 aliphatic carbocycles. The topological polar surface area (TPSA) is 82.2 Å². The monoisotopic (exact) mass is 444 g/mol. The van der Waals surface area contributed by atoms with Crippen molar-refractivity contribution in [3.05, 3.63) is 23.2 Å². The number of methoxy groups -OCH3 is 1. The van der Waals surface area contributed by atoms with Gasteiger partial charge in [-0.1, -0.05) is 18.5 Å². The number of hydrogen-bond donors (Lipinski definition) is 1. The Bertz CT molecular complexity index is 858. The van der Waals surface area contributed by atoms with Gasteiger partial charge in [-0.2, -0.15) is 4.31 Å². The first-order chi connectivity index (χ1) is 13.8. The van der Waals surface area contributed by atoms with Gasteiger partial charge in [-0.25, -0.2) is 13.2 Å². The third kappa shape index (κ3) is 4.19. The van der Waals surface area contributed by atoms with Crippen molar-refractivity contribution in [1.82, 2.24) is 19.4 Å². The average Bonchev–Trinajstić information content (AvgIpc) is 3.19. The van der Waals surface area contributed by atoms with E-state index in [1.165, 1.54) is 17.5 Å². The van der Waals surface area contributed by atoms with Gasteiger partial charge in [-0.3, -0.25) is 4.90 Å². The number of piperazine rings is 1. The third-order valence-electron chi connectivity index (χ3n) is 6.14. The predicted molar refractivity (Wildman–Crippen MR) is 112 cm³/mol. The standard InChI is InChI=1S/C19H29ClN4O4S/c1-4-19(7-8-22(14-19)18(25)21-2)23-9-11-24(12-10-23)29(26,27)17-13-15(20)5-6-16(17)28-3/h5-6,13H,4,7-12,14H2,1-3H3,(H,21,25). The van der Waals surface area contributed by atoms with Gasteiger partial charge >= 0.3 is 6.03 Å². The van der Waals surface area contributed by atoms with E-state index < -0.39 is 10.0 Å². The molecule has 0 radical (unpaired) electrons. The molecule has 1 aromatic rings. The van der Waals surface area contributed by atoms with Crippen molar-refractivity contribution in [2.75, 3.05) is 53.4 Å². The first-order valence-electron chi connectivity index (χ1n) is 9.83. The molecule has 3 rings (SSSR count). The van der Waals surface area contributed by atoms with E-state index >= 15 is 0 Å². The number of carbonyl (C=O) groups is 1. The molecule has 162 valence electrons. The number of nitrogens with zero attached hydrogens (tertiary/aromatic N) is 3. The summed E-state index contributed by atoms with van der Waals surface area (Å²) in [6, 6.07) is 4.56. The Hall–Kier alpha value is -1.55. The lowest BCUT2D eigenvalue weighted by atomic mass is 9.92. The zero-order valence-electron chi connectivity index (χ0n) is 17.1. The largest absolute Gasteiger partial charge is 0.495 e.